The third-order valence-electron chi connectivity index (χ3n) is 2.57. The molecule has 0 unspecified atom stereocenters. The Bertz CT molecular complexity index is 367. The van der Waals surface area contributed by atoms with Crippen molar-refractivity contribution in [3.8, 4) is 0 Å². The zero-order valence-electron chi connectivity index (χ0n) is 7.26. The van der Waals surface area contributed by atoms with E-state index >= 15 is 0 Å². The predicted octanol–water partition coefficient (Wildman–Crippen LogP) is 1.35. The summed E-state index contributed by atoms with van der Waals surface area (Å²) in [7, 11) is 0. The van der Waals surface area contributed by atoms with Gasteiger partial charge >= 0.3 is 0 Å². The second-order valence-electron chi connectivity index (χ2n) is 3.35. The van der Waals surface area contributed by atoms with Gasteiger partial charge in [0, 0.05) is 23.5 Å². The molecule has 0 aromatic carbocycles. The lowest BCUT2D eigenvalue weighted by atomic mass is 10.1. The zero-order chi connectivity index (χ0) is 8.67. The van der Waals surface area contributed by atoms with Gasteiger partial charge in [-0.2, -0.15) is 0 Å². The maximum atomic E-state index is 4.24. The number of hydrogen-bond donors (Lipinski definition) is 2. The molecule has 0 saturated carbocycles. The molecule has 1 aromatic rings. The van der Waals surface area contributed by atoms with Crippen molar-refractivity contribution < 1.29 is 0 Å². The second-order valence-corrected chi connectivity index (χ2v) is 4.46. The molecular weight excluding hydrogens is 182 g/mol. The maximum absolute atomic E-state index is 4.24. The quantitative estimate of drug-likeness (QED) is 0.652. The topological polar surface area (TPSA) is 36.4 Å². The Balaban J connectivity index is 2.11. The van der Waals surface area contributed by atoms with Crippen LogP contribution in [0.5, 0.6) is 0 Å². The molecule has 0 spiro atoms. The first-order chi connectivity index (χ1) is 6.45. The van der Waals surface area contributed by atoms with Crippen LogP contribution >= 0.6 is 11.3 Å². The van der Waals surface area contributed by atoms with Gasteiger partial charge in [-0.25, -0.2) is 0 Å². The van der Waals surface area contributed by atoms with Crippen LogP contribution < -0.4 is 10.6 Å². The van der Waals surface area contributed by atoms with Gasteiger partial charge in [0.1, 0.15) is 0 Å². The lowest BCUT2D eigenvalue weighted by Crippen LogP contribution is -2.23. The highest BCUT2D eigenvalue weighted by Crippen LogP contribution is 2.36. The van der Waals surface area contributed by atoms with E-state index in [2.05, 4.69) is 15.6 Å². The van der Waals surface area contributed by atoms with E-state index in [0.29, 0.717) is 0 Å². The fourth-order valence-electron chi connectivity index (χ4n) is 1.90. The van der Waals surface area contributed by atoms with Crippen LogP contribution in [-0.4, -0.2) is 12.9 Å². The van der Waals surface area contributed by atoms with Gasteiger partial charge in [0.2, 0.25) is 0 Å². The fraction of sp³-hybridized carbons (Fsp3) is 0.444. The molecule has 0 atom stereocenters. The fourth-order valence-corrected chi connectivity index (χ4v) is 3.09. The van der Waals surface area contributed by atoms with Crippen molar-refractivity contribution in [2.45, 2.75) is 19.5 Å². The molecule has 3 heterocycles. The highest BCUT2D eigenvalue weighted by molar-refractivity contribution is 7.16. The average Bonchev–Trinajstić information content (AvgIpc) is 2.56. The minimum absolute atomic E-state index is 0.857. The van der Waals surface area contributed by atoms with Crippen LogP contribution in [0.3, 0.4) is 0 Å². The zero-order valence-corrected chi connectivity index (χ0v) is 8.08. The van der Waals surface area contributed by atoms with Crippen LogP contribution in [0.25, 0.3) is 0 Å². The first kappa shape index (κ1) is 7.53. The Hall–Kier alpha value is -0.870. The SMILES string of the molecule is C1=NCc2c(sc3c2CNCC3)N1. The Morgan fingerprint density at radius 1 is 1.38 bits per heavy atom. The van der Waals surface area contributed by atoms with Crippen LogP contribution in [0.1, 0.15) is 16.0 Å². The summed E-state index contributed by atoms with van der Waals surface area (Å²) in [4.78, 5) is 5.78. The van der Waals surface area contributed by atoms with Crippen molar-refractivity contribution in [2.75, 3.05) is 11.9 Å². The Morgan fingerprint density at radius 2 is 2.38 bits per heavy atom. The molecule has 3 nitrogen and oxygen atoms in total. The molecule has 0 fully saturated rings. The normalized spacial score (nSPS) is 19.1. The standard InChI is InChI=1S/C9H11N3S/c1-2-10-3-6-7-4-11-5-12-9(7)13-8(1)6/h5,10H,1-4H2,(H,11,12). The molecule has 2 aliphatic rings. The maximum Gasteiger partial charge on any atom is 0.0991 e. The summed E-state index contributed by atoms with van der Waals surface area (Å²) in [6.07, 6.45) is 2.98. The number of thiophene rings is 1. The van der Waals surface area contributed by atoms with Crippen molar-refractivity contribution in [3.05, 3.63) is 16.0 Å². The van der Waals surface area contributed by atoms with Gasteiger partial charge in [0.25, 0.3) is 0 Å². The first-order valence-electron chi connectivity index (χ1n) is 4.54. The van der Waals surface area contributed by atoms with Gasteiger partial charge in [-0.15, -0.1) is 11.3 Å². The van der Waals surface area contributed by atoms with Gasteiger partial charge in [0.15, 0.2) is 0 Å². The van der Waals surface area contributed by atoms with Crippen LogP contribution in [-0.2, 0) is 19.5 Å². The largest absolute Gasteiger partial charge is 0.338 e. The molecule has 2 aliphatic heterocycles. The number of nitrogens with zero attached hydrogens (tertiary/aromatic N) is 1. The Morgan fingerprint density at radius 3 is 3.38 bits per heavy atom. The number of rotatable bonds is 0. The van der Waals surface area contributed by atoms with E-state index in [9.17, 15) is 0 Å². The van der Waals surface area contributed by atoms with E-state index < -0.39 is 0 Å². The van der Waals surface area contributed by atoms with Gasteiger partial charge < -0.3 is 10.6 Å². The van der Waals surface area contributed by atoms with Crippen molar-refractivity contribution in [3.63, 3.8) is 0 Å². The van der Waals surface area contributed by atoms with Crippen molar-refractivity contribution in [2.24, 2.45) is 4.99 Å². The molecule has 0 radical (unpaired) electrons. The van der Waals surface area contributed by atoms with E-state index in [1.54, 1.807) is 11.2 Å². The summed E-state index contributed by atoms with van der Waals surface area (Å²) in [5.74, 6) is 0. The molecule has 0 aliphatic carbocycles. The smallest absolute Gasteiger partial charge is 0.0991 e. The highest BCUT2D eigenvalue weighted by atomic mass is 32.1. The third-order valence-corrected chi connectivity index (χ3v) is 3.83. The molecule has 1 aromatic heterocycles. The van der Waals surface area contributed by atoms with Gasteiger partial charge in [-0.1, -0.05) is 0 Å². The highest BCUT2D eigenvalue weighted by Gasteiger charge is 2.20. The molecule has 3 rings (SSSR count). The van der Waals surface area contributed by atoms with Crippen LogP contribution in [0.2, 0.25) is 0 Å². The van der Waals surface area contributed by atoms with E-state index in [-0.39, 0.29) is 0 Å². The minimum atomic E-state index is 0.857. The summed E-state index contributed by atoms with van der Waals surface area (Å²) < 4.78 is 0. The summed E-state index contributed by atoms with van der Waals surface area (Å²) >= 11 is 1.90. The van der Waals surface area contributed by atoms with Crippen LogP contribution in [0.4, 0.5) is 5.00 Å². The van der Waals surface area contributed by atoms with Crippen LogP contribution in [0, 0.1) is 0 Å². The number of nitrogens with one attached hydrogen (secondary N) is 2. The van der Waals surface area contributed by atoms with Crippen LogP contribution in [0.15, 0.2) is 4.99 Å². The number of anilines is 1. The second kappa shape index (κ2) is 2.82. The van der Waals surface area contributed by atoms with E-state index in [1.807, 2.05) is 11.3 Å². The van der Waals surface area contributed by atoms with Gasteiger partial charge in [-0.3, -0.25) is 4.99 Å². The third kappa shape index (κ3) is 1.09. The van der Waals surface area contributed by atoms with Gasteiger partial charge in [-0.05, 0) is 12.0 Å². The van der Waals surface area contributed by atoms with Crippen molar-refractivity contribution >= 4 is 22.7 Å². The number of aliphatic imine (C=N–C) groups is 1. The molecule has 4 heteroatoms. The summed E-state index contributed by atoms with van der Waals surface area (Å²) in [5, 5.41) is 7.93. The first-order valence-corrected chi connectivity index (χ1v) is 5.36. The predicted molar refractivity (Wildman–Crippen MR) is 55.5 cm³/mol. The molecular formula is C9H11N3S. The molecule has 13 heavy (non-hydrogen) atoms. The summed E-state index contributed by atoms with van der Waals surface area (Å²) in [5.41, 5.74) is 2.91. The van der Waals surface area contributed by atoms with Gasteiger partial charge in [0.05, 0.1) is 17.9 Å². The Labute approximate surface area is 80.9 Å². The summed E-state index contributed by atoms with van der Waals surface area (Å²) in [6, 6.07) is 0. The number of hydrogen-bond acceptors (Lipinski definition) is 4. The lowest BCUT2D eigenvalue weighted by molar-refractivity contribution is 0.647. The number of fused-ring (bicyclic) bond motifs is 3. The molecule has 0 bridgehead atoms. The average molecular weight is 193 g/mol. The molecule has 0 saturated heterocycles. The van der Waals surface area contributed by atoms with E-state index in [4.69, 9.17) is 0 Å². The molecule has 0 amide bonds. The van der Waals surface area contributed by atoms with Crippen molar-refractivity contribution in [1.29, 1.82) is 0 Å². The van der Waals surface area contributed by atoms with Crippen molar-refractivity contribution in [1.82, 2.24) is 5.32 Å². The Kier molecular flexibility index (Phi) is 1.63. The van der Waals surface area contributed by atoms with E-state index in [0.717, 1.165) is 19.6 Å². The monoisotopic (exact) mass is 193 g/mol. The molecule has 2 N–H and O–H groups in total. The summed E-state index contributed by atoms with van der Waals surface area (Å²) in [6.45, 7) is 3.00. The lowest BCUT2D eigenvalue weighted by Gasteiger charge is -2.14. The van der Waals surface area contributed by atoms with E-state index in [1.165, 1.54) is 22.5 Å². The molecule has 68 valence electrons. The minimum Gasteiger partial charge on any atom is -0.338 e.